The molecule has 5 aromatic rings. The van der Waals surface area contributed by atoms with Gasteiger partial charge in [-0.1, -0.05) is 168 Å². The predicted molar refractivity (Wildman–Crippen MR) is 174 cm³/mol. The zero-order valence-corrected chi connectivity index (χ0v) is 25.8. The lowest BCUT2D eigenvalue weighted by Crippen LogP contribution is -2.65. The van der Waals surface area contributed by atoms with E-state index in [1.807, 2.05) is 121 Å². The Balaban J connectivity index is 1.74. The number of hydrogen-bond acceptors (Lipinski definition) is 3. The third-order valence-electron chi connectivity index (χ3n) is 8.45. The average Bonchev–Trinajstić information content (AvgIpc) is 3.24. The van der Waals surface area contributed by atoms with E-state index in [0.29, 0.717) is 16.7 Å². The van der Waals surface area contributed by atoms with Crippen LogP contribution in [0.1, 0.15) is 29.2 Å². The molecular weight excluding hydrogens is 622 g/mol. The third kappa shape index (κ3) is 3.79. The predicted octanol–water partition coefficient (Wildman–Crippen LogP) is 10.2. The van der Waals surface area contributed by atoms with Gasteiger partial charge in [-0.25, -0.2) is 0 Å². The van der Waals surface area contributed by atoms with Crippen molar-refractivity contribution in [2.45, 2.75) is 23.7 Å². The first-order valence-electron chi connectivity index (χ1n) is 13.7. The van der Waals surface area contributed by atoms with Crippen LogP contribution in [0.15, 0.2) is 121 Å². The fraction of sp³-hybridized carbons (Fsp3) is 0.111. The van der Waals surface area contributed by atoms with Crippen molar-refractivity contribution in [2.75, 3.05) is 0 Å². The highest BCUT2D eigenvalue weighted by Crippen LogP contribution is 2.72. The van der Waals surface area contributed by atoms with Crippen LogP contribution in [0, 0.1) is 0 Å². The van der Waals surface area contributed by atoms with Gasteiger partial charge in [0.15, 0.2) is 11.5 Å². The highest BCUT2D eigenvalue weighted by Gasteiger charge is 2.77. The third-order valence-corrected chi connectivity index (χ3v) is 10.2. The molecule has 3 atom stereocenters. The van der Waals surface area contributed by atoms with Crippen LogP contribution in [0.3, 0.4) is 0 Å². The molecule has 0 bridgehead atoms. The van der Waals surface area contributed by atoms with E-state index in [1.54, 1.807) is 6.92 Å². The number of ether oxygens (including phenoxy) is 2. The van der Waals surface area contributed by atoms with Gasteiger partial charge in [0.1, 0.15) is 15.6 Å². The molecular formula is C36H24Cl4O3. The molecule has 0 spiro atoms. The topological polar surface area (TPSA) is 38.7 Å². The Morgan fingerprint density at radius 2 is 0.884 bits per heavy atom. The molecule has 7 rings (SSSR count). The van der Waals surface area contributed by atoms with Crippen LogP contribution in [0.2, 0.25) is 20.1 Å². The Morgan fingerprint density at radius 1 is 0.488 bits per heavy atom. The summed E-state index contributed by atoms with van der Waals surface area (Å²) < 4.78 is 14.5. The van der Waals surface area contributed by atoms with E-state index in [-0.39, 0.29) is 31.6 Å². The molecule has 2 aliphatic rings. The number of rotatable bonds is 4. The molecule has 3 nitrogen and oxygen atoms in total. The smallest absolute Gasteiger partial charge is 0.214 e. The van der Waals surface area contributed by atoms with Crippen molar-refractivity contribution in [3.05, 3.63) is 164 Å². The van der Waals surface area contributed by atoms with Crippen LogP contribution in [0.5, 0.6) is 11.5 Å². The van der Waals surface area contributed by atoms with Crippen molar-refractivity contribution in [3.8, 4) is 11.5 Å². The fourth-order valence-electron chi connectivity index (χ4n) is 6.77. The van der Waals surface area contributed by atoms with Crippen LogP contribution in [-0.4, -0.2) is 10.7 Å². The highest BCUT2D eigenvalue weighted by atomic mass is 35.5. The molecule has 0 amide bonds. The Kier molecular flexibility index (Phi) is 6.81. The molecule has 1 heterocycles. The summed E-state index contributed by atoms with van der Waals surface area (Å²) in [7, 11) is 0. The molecule has 5 aromatic carbocycles. The maximum absolute atomic E-state index is 13.3. The largest absolute Gasteiger partial charge is 0.469 e. The van der Waals surface area contributed by atoms with E-state index in [2.05, 4.69) is 0 Å². The molecule has 0 saturated heterocycles. The summed E-state index contributed by atoms with van der Waals surface area (Å²) in [5, 5.41) is 13.4. The summed E-state index contributed by atoms with van der Waals surface area (Å²) in [6.45, 7) is 1.76. The lowest BCUT2D eigenvalue weighted by atomic mass is 9.65. The number of aliphatic hydroxyl groups is 1. The van der Waals surface area contributed by atoms with Crippen LogP contribution in [0.25, 0.3) is 11.1 Å². The number of benzene rings is 5. The Labute approximate surface area is 269 Å². The summed E-state index contributed by atoms with van der Waals surface area (Å²) >= 11 is 26.9. The van der Waals surface area contributed by atoms with Crippen molar-refractivity contribution in [1.82, 2.24) is 0 Å². The molecule has 0 fully saturated rings. The minimum atomic E-state index is -1.73. The molecule has 0 saturated carbocycles. The number of fused-ring (bicyclic) bond motifs is 2. The zero-order valence-electron chi connectivity index (χ0n) is 22.8. The van der Waals surface area contributed by atoms with E-state index in [0.717, 1.165) is 16.7 Å². The maximum Gasteiger partial charge on any atom is 0.214 e. The second kappa shape index (κ2) is 10.3. The highest BCUT2D eigenvalue weighted by molar-refractivity contribution is 6.53. The summed E-state index contributed by atoms with van der Waals surface area (Å²) in [6.07, 6.45) is 0. The van der Waals surface area contributed by atoms with Crippen molar-refractivity contribution in [2.24, 2.45) is 0 Å². The molecule has 214 valence electrons. The SMILES string of the molecule is C[C@]1(O)C(c2ccccc2)=C(c2ccccc2)[C@@]2(c3ccccc3)Oc3c(Cl)c(Cl)c(Cl)c(Cl)c3O[C@]12c1ccccc1. The van der Waals surface area contributed by atoms with Crippen LogP contribution >= 0.6 is 46.4 Å². The summed E-state index contributed by atoms with van der Waals surface area (Å²) in [5.74, 6) is 0.230. The van der Waals surface area contributed by atoms with E-state index in [4.69, 9.17) is 55.9 Å². The molecule has 0 unspecified atom stereocenters. The second-order valence-electron chi connectivity index (χ2n) is 10.8. The molecule has 0 aromatic heterocycles. The normalized spacial score (nSPS) is 24.1. The van der Waals surface area contributed by atoms with Gasteiger partial charge < -0.3 is 14.6 Å². The van der Waals surface area contributed by atoms with Crippen LogP contribution in [0.4, 0.5) is 0 Å². The summed E-state index contributed by atoms with van der Waals surface area (Å²) in [4.78, 5) is 0. The Morgan fingerprint density at radius 3 is 1.37 bits per heavy atom. The average molecular weight is 646 g/mol. The van der Waals surface area contributed by atoms with Crippen LogP contribution < -0.4 is 9.47 Å². The summed E-state index contributed by atoms with van der Waals surface area (Å²) in [6, 6.07) is 38.9. The lowest BCUT2D eigenvalue weighted by Gasteiger charge is -2.55. The molecule has 43 heavy (non-hydrogen) atoms. The van der Waals surface area contributed by atoms with Gasteiger partial charge in [0.2, 0.25) is 11.2 Å². The summed E-state index contributed by atoms with van der Waals surface area (Å²) in [5.41, 5.74) is -0.518. The molecule has 7 heteroatoms. The quantitative estimate of drug-likeness (QED) is 0.156. The van der Waals surface area contributed by atoms with Crippen molar-refractivity contribution in [3.63, 3.8) is 0 Å². The van der Waals surface area contributed by atoms with Gasteiger partial charge in [-0.3, -0.25) is 0 Å². The van der Waals surface area contributed by atoms with Gasteiger partial charge >= 0.3 is 0 Å². The van der Waals surface area contributed by atoms with E-state index < -0.39 is 16.8 Å². The first kappa shape index (κ1) is 28.3. The van der Waals surface area contributed by atoms with E-state index >= 15 is 0 Å². The Bertz CT molecular complexity index is 1880. The molecule has 1 N–H and O–H groups in total. The minimum absolute atomic E-state index is 0.0308. The standard InChI is InChI=1S/C36H24Cl4O3/c1-34(41)26(22-14-6-2-7-15-22)27(23-16-8-3-9-17-23)35(24-18-10-4-11-19-24)36(34,25-20-12-5-13-21-25)43-33-31(40)29(38)28(37)30(39)32(33)42-35/h2-21,41H,1H3/t34-,35+,36+/m0/s1. The van der Waals surface area contributed by atoms with Crippen LogP contribution in [-0.2, 0) is 11.2 Å². The second-order valence-corrected chi connectivity index (χ2v) is 12.3. The van der Waals surface area contributed by atoms with Gasteiger partial charge in [-0.2, -0.15) is 0 Å². The Hall–Kier alpha value is -3.44. The van der Waals surface area contributed by atoms with E-state index in [9.17, 15) is 5.11 Å². The fourth-order valence-corrected chi connectivity index (χ4v) is 7.66. The van der Waals surface area contributed by atoms with Gasteiger partial charge in [0, 0.05) is 22.3 Å². The maximum atomic E-state index is 13.3. The van der Waals surface area contributed by atoms with Gasteiger partial charge in [-0.05, 0) is 18.1 Å². The van der Waals surface area contributed by atoms with E-state index in [1.165, 1.54) is 0 Å². The molecule has 1 aliphatic heterocycles. The molecule has 1 aliphatic carbocycles. The van der Waals surface area contributed by atoms with Gasteiger partial charge in [0.05, 0.1) is 10.0 Å². The van der Waals surface area contributed by atoms with Crippen molar-refractivity contribution >= 4 is 57.5 Å². The number of halogens is 4. The van der Waals surface area contributed by atoms with Crippen molar-refractivity contribution < 1.29 is 14.6 Å². The van der Waals surface area contributed by atoms with Gasteiger partial charge in [-0.15, -0.1) is 0 Å². The minimum Gasteiger partial charge on any atom is -0.469 e. The zero-order chi connectivity index (χ0) is 30.0. The first-order valence-corrected chi connectivity index (χ1v) is 15.2. The van der Waals surface area contributed by atoms with Gasteiger partial charge in [0.25, 0.3) is 0 Å². The number of hydrogen-bond donors (Lipinski definition) is 1. The monoisotopic (exact) mass is 644 g/mol. The lowest BCUT2D eigenvalue weighted by molar-refractivity contribution is -0.189. The molecule has 0 radical (unpaired) electrons. The van der Waals surface area contributed by atoms with Crippen molar-refractivity contribution in [1.29, 1.82) is 0 Å². The first-order chi connectivity index (χ1) is 20.8.